The minimum Gasteiger partial charge on any atom is -0.399 e. The van der Waals surface area contributed by atoms with E-state index < -0.39 is 0 Å². The van der Waals surface area contributed by atoms with Gasteiger partial charge in [-0.15, -0.1) is 0 Å². The fraction of sp³-hybridized carbons (Fsp3) is 0.125. The summed E-state index contributed by atoms with van der Waals surface area (Å²) in [5, 5.41) is 7.97. The number of hydrogen-bond donors (Lipinski definition) is 2. The van der Waals surface area contributed by atoms with Crippen molar-refractivity contribution in [3.63, 3.8) is 0 Å². The molecule has 1 aromatic heterocycles. The lowest BCUT2D eigenvalue weighted by Gasteiger charge is -1.98. The molecule has 21 heavy (non-hydrogen) atoms. The summed E-state index contributed by atoms with van der Waals surface area (Å²) in [5.74, 6) is 1.63. The van der Waals surface area contributed by atoms with Gasteiger partial charge in [0.1, 0.15) is 5.82 Å². The highest BCUT2D eigenvalue weighted by molar-refractivity contribution is 6.30. The van der Waals surface area contributed by atoms with Crippen molar-refractivity contribution < 1.29 is 0 Å². The molecule has 5 heteroatoms. The average molecular weight is 299 g/mol. The molecule has 0 unspecified atom stereocenters. The highest BCUT2D eigenvalue weighted by Gasteiger charge is 2.05. The SMILES string of the molecule is Nc1ccc(Cc2nc(Cc3ccc(Cl)cc3)n[nH]2)cc1. The summed E-state index contributed by atoms with van der Waals surface area (Å²) in [6.45, 7) is 0. The van der Waals surface area contributed by atoms with Gasteiger partial charge in [-0.05, 0) is 35.4 Å². The van der Waals surface area contributed by atoms with Crippen molar-refractivity contribution in [2.45, 2.75) is 12.8 Å². The Morgan fingerprint density at radius 2 is 1.52 bits per heavy atom. The number of benzene rings is 2. The zero-order valence-electron chi connectivity index (χ0n) is 11.4. The lowest BCUT2D eigenvalue weighted by molar-refractivity contribution is 0.958. The summed E-state index contributed by atoms with van der Waals surface area (Å²) in [4.78, 5) is 4.51. The van der Waals surface area contributed by atoms with Crippen molar-refractivity contribution >= 4 is 17.3 Å². The van der Waals surface area contributed by atoms with Crippen LogP contribution in [0.15, 0.2) is 48.5 Å². The van der Waals surface area contributed by atoms with Gasteiger partial charge in [-0.2, -0.15) is 5.10 Å². The molecule has 0 aliphatic rings. The van der Waals surface area contributed by atoms with E-state index in [2.05, 4.69) is 15.2 Å². The first-order chi connectivity index (χ1) is 10.2. The molecular formula is C16H15ClN4. The molecular weight excluding hydrogens is 284 g/mol. The van der Waals surface area contributed by atoms with Gasteiger partial charge < -0.3 is 5.73 Å². The molecule has 0 atom stereocenters. The topological polar surface area (TPSA) is 67.6 Å². The van der Waals surface area contributed by atoms with E-state index in [4.69, 9.17) is 17.3 Å². The molecule has 0 aliphatic heterocycles. The lowest BCUT2D eigenvalue weighted by Crippen LogP contribution is -1.93. The predicted octanol–water partition coefficient (Wildman–Crippen LogP) is 3.22. The number of nitrogen functional groups attached to an aromatic ring is 1. The maximum atomic E-state index is 5.87. The summed E-state index contributed by atoms with van der Waals surface area (Å²) in [7, 11) is 0. The number of aromatic nitrogens is 3. The molecule has 0 bridgehead atoms. The Balaban J connectivity index is 1.68. The molecule has 0 amide bonds. The number of halogens is 1. The monoisotopic (exact) mass is 298 g/mol. The molecule has 3 aromatic rings. The highest BCUT2D eigenvalue weighted by atomic mass is 35.5. The molecule has 106 valence electrons. The van der Waals surface area contributed by atoms with Gasteiger partial charge >= 0.3 is 0 Å². The van der Waals surface area contributed by atoms with Crippen LogP contribution in [-0.4, -0.2) is 15.2 Å². The van der Waals surface area contributed by atoms with Gasteiger partial charge in [0, 0.05) is 23.6 Å². The van der Waals surface area contributed by atoms with Crippen molar-refractivity contribution in [3.05, 3.63) is 76.3 Å². The highest BCUT2D eigenvalue weighted by Crippen LogP contribution is 2.13. The zero-order valence-corrected chi connectivity index (χ0v) is 12.1. The maximum Gasteiger partial charge on any atom is 0.155 e. The van der Waals surface area contributed by atoms with Crippen LogP contribution in [0.2, 0.25) is 5.02 Å². The van der Waals surface area contributed by atoms with Gasteiger partial charge in [0.2, 0.25) is 0 Å². The van der Waals surface area contributed by atoms with Crippen molar-refractivity contribution in [3.8, 4) is 0 Å². The first-order valence-electron chi connectivity index (χ1n) is 6.68. The van der Waals surface area contributed by atoms with Gasteiger partial charge in [0.15, 0.2) is 5.82 Å². The van der Waals surface area contributed by atoms with Gasteiger partial charge in [-0.3, -0.25) is 5.10 Å². The van der Waals surface area contributed by atoms with E-state index in [0.717, 1.165) is 33.5 Å². The van der Waals surface area contributed by atoms with Crippen LogP contribution in [0.1, 0.15) is 22.8 Å². The molecule has 4 nitrogen and oxygen atoms in total. The zero-order chi connectivity index (χ0) is 14.7. The van der Waals surface area contributed by atoms with Gasteiger partial charge in [0.25, 0.3) is 0 Å². The molecule has 0 radical (unpaired) electrons. The van der Waals surface area contributed by atoms with Gasteiger partial charge in [0.05, 0.1) is 0 Å². The van der Waals surface area contributed by atoms with Crippen LogP contribution in [0.4, 0.5) is 5.69 Å². The summed E-state index contributed by atoms with van der Waals surface area (Å²) in [6, 6.07) is 15.5. The number of nitrogens with zero attached hydrogens (tertiary/aromatic N) is 2. The minimum absolute atomic E-state index is 0.690. The van der Waals surface area contributed by atoms with Crippen LogP contribution in [0.3, 0.4) is 0 Å². The molecule has 1 heterocycles. The normalized spacial score (nSPS) is 10.7. The molecule has 0 saturated heterocycles. The number of nitrogens with two attached hydrogens (primary N) is 1. The van der Waals surface area contributed by atoms with Crippen LogP contribution in [0.25, 0.3) is 0 Å². The van der Waals surface area contributed by atoms with Crippen molar-refractivity contribution in [1.82, 2.24) is 15.2 Å². The smallest absolute Gasteiger partial charge is 0.155 e. The molecule has 0 fully saturated rings. The number of aromatic amines is 1. The molecule has 2 aromatic carbocycles. The maximum absolute atomic E-state index is 5.87. The molecule has 0 spiro atoms. The van der Waals surface area contributed by atoms with Gasteiger partial charge in [-0.1, -0.05) is 35.9 Å². The second-order valence-corrected chi connectivity index (χ2v) is 5.36. The quantitative estimate of drug-likeness (QED) is 0.727. The van der Waals surface area contributed by atoms with Crippen molar-refractivity contribution in [1.29, 1.82) is 0 Å². The molecule has 3 N–H and O–H groups in total. The van der Waals surface area contributed by atoms with Crippen LogP contribution >= 0.6 is 11.6 Å². The predicted molar refractivity (Wildman–Crippen MR) is 84.3 cm³/mol. The Labute approximate surface area is 128 Å². The van der Waals surface area contributed by atoms with Crippen molar-refractivity contribution in [2.75, 3.05) is 5.73 Å². The number of rotatable bonds is 4. The largest absolute Gasteiger partial charge is 0.399 e. The Bertz CT molecular complexity index is 655. The van der Waals surface area contributed by atoms with Crippen molar-refractivity contribution in [2.24, 2.45) is 0 Å². The van der Waals surface area contributed by atoms with E-state index in [9.17, 15) is 0 Å². The standard InChI is InChI=1S/C16H15ClN4/c17-13-5-1-11(2-6-13)9-15-19-16(21-20-15)10-12-3-7-14(18)8-4-12/h1-8H,9-10,18H2,(H,19,20,21). The van der Waals surface area contributed by atoms with E-state index in [1.807, 2.05) is 48.5 Å². The van der Waals surface area contributed by atoms with E-state index >= 15 is 0 Å². The summed E-state index contributed by atoms with van der Waals surface area (Å²) < 4.78 is 0. The number of hydrogen-bond acceptors (Lipinski definition) is 3. The fourth-order valence-corrected chi connectivity index (χ4v) is 2.23. The third-order valence-electron chi connectivity index (χ3n) is 3.20. The van der Waals surface area contributed by atoms with Crippen LogP contribution in [-0.2, 0) is 12.8 Å². The third kappa shape index (κ3) is 3.61. The van der Waals surface area contributed by atoms with Crippen LogP contribution in [0, 0.1) is 0 Å². The first kappa shape index (κ1) is 13.6. The Hall–Kier alpha value is -2.33. The van der Waals surface area contributed by atoms with Crippen LogP contribution in [0.5, 0.6) is 0 Å². The van der Waals surface area contributed by atoms with E-state index in [-0.39, 0.29) is 0 Å². The number of anilines is 1. The van der Waals surface area contributed by atoms with Gasteiger partial charge in [-0.25, -0.2) is 4.98 Å². The third-order valence-corrected chi connectivity index (χ3v) is 3.46. The Morgan fingerprint density at radius 1 is 0.905 bits per heavy atom. The second kappa shape index (κ2) is 5.97. The summed E-state index contributed by atoms with van der Waals surface area (Å²) in [6.07, 6.45) is 1.41. The summed E-state index contributed by atoms with van der Waals surface area (Å²) in [5.41, 5.74) is 8.73. The lowest BCUT2D eigenvalue weighted by atomic mass is 10.1. The number of H-pyrrole nitrogens is 1. The Morgan fingerprint density at radius 3 is 2.24 bits per heavy atom. The van der Waals surface area contributed by atoms with E-state index in [0.29, 0.717) is 12.8 Å². The molecule has 3 rings (SSSR count). The van der Waals surface area contributed by atoms with Crippen LogP contribution < -0.4 is 5.73 Å². The van der Waals surface area contributed by atoms with E-state index in [1.165, 1.54) is 0 Å². The molecule has 0 aliphatic carbocycles. The average Bonchev–Trinajstić information content (AvgIpc) is 2.91. The second-order valence-electron chi connectivity index (χ2n) is 4.92. The first-order valence-corrected chi connectivity index (χ1v) is 7.06. The fourth-order valence-electron chi connectivity index (χ4n) is 2.11. The van der Waals surface area contributed by atoms with E-state index in [1.54, 1.807) is 0 Å². The summed E-state index contributed by atoms with van der Waals surface area (Å²) >= 11 is 5.87. The minimum atomic E-state index is 0.690. The number of nitrogens with one attached hydrogen (secondary N) is 1. The Kier molecular flexibility index (Phi) is 3.88. The molecule has 0 saturated carbocycles.